The van der Waals surface area contributed by atoms with Crippen LogP contribution in [0, 0.1) is 16.0 Å². The van der Waals surface area contributed by atoms with Gasteiger partial charge in [-0.25, -0.2) is 10.8 Å². The van der Waals surface area contributed by atoms with E-state index < -0.39 is 4.92 Å². The molecule has 2 heterocycles. The zero-order valence-corrected chi connectivity index (χ0v) is 10.6. The molecular weight excluding hydrogens is 250 g/mol. The average Bonchev–Trinajstić information content (AvgIpc) is 2.81. The highest BCUT2D eigenvalue weighted by Gasteiger charge is 2.24. The quantitative estimate of drug-likeness (QED) is 0.416. The van der Waals surface area contributed by atoms with E-state index in [2.05, 4.69) is 15.7 Å². The normalized spacial score (nSPS) is 22.2. The summed E-state index contributed by atoms with van der Waals surface area (Å²) in [5.74, 6) is 6.32. The number of aromatic nitrogens is 1. The van der Waals surface area contributed by atoms with Crippen molar-refractivity contribution in [3.63, 3.8) is 0 Å². The third-order valence-electron chi connectivity index (χ3n) is 3.25. The van der Waals surface area contributed by atoms with Gasteiger partial charge in [-0.1, -0.05) is 0 Å². The molecule has 1 aromatic heterocycles. The lowest BCUT2D eigenvalue weighted by atomic mass is 10.0. The van der Waals surface area contributed by atoms with Crippen LogP contribution < -0.4 is 16.6 Å². The molecule has 0 aromatic carbocycles. The van der Waals surface area contributed by atoms with Gasteiger partial charge in [0.2, 0.25) is 0 Å². The maximum absolute atomic E-state index is 10.8. The van der Waals surface area contributed by atoms with Crippen LogP contribution in [0.15, 0.2) is 12.1 Å². The number of nitrogens with zero attached hydrogens (tertiary/aromatic N) is 2. The highest BCUT2D eigenvalue weighted by molar-refractivity contribution is 5.54. The number of hydrogen-bond acceptors (Lipinski definition) is 7. The highest BCUT2D eigenvalue weighted by Crippen LogP contribution is 2.23. The van der Waals surface area contributed by atoms with E-state index in [4.69, 9.17) is 10.6 Å². The third kappa shape index (κ3) is 3.30. The van der Waals surface area contributed by atoms with Gasteiger partial charge in [-0.15, -0.1) is 0 Å². The maximum atomic E-state index is 10.8. The molecule has 4 N–H and O–H groups in total. The Labute approximate surface area is 110 Å². The van der Waals surface area contributed by atoms with Gasteiger partial charge in [0, 0.05) is 19.1 Å². The molecule has 1 fully saturated rings. The molecule has 8 nitrogen and oxygen atoms in total. The first-order chi connectivity index (χ1) is 9.10. The number of nitrogen functional groups attached to an aromatic ring is 1. The number of hydrazine groups is 1. The van der Waals surface area contributed by atoms with Crippen LogP contribution in [0.4, 0.5) is 17.3 Å². The molecule has 0 radical (unpaired) electrons. The van der Waals surface area contributed by atoms with Crippen LogP contribution in [-0.4, -0.2) is 29.2 Å². The second-order valence-corrected chi connectivity index (χ2v) is 4.50. The lowest BCUT2D eigenvalue weighted by Crippen LogP contribution is -2.21. The molecule has 19 heavy (non-hydrogen) atoms. The molecule has 0 amide bonds. The monoisotopic (exact) mass is 267 g/mol. The van der Waals surface area contributed by atoms with E-state index in [1.807, 2.05) is 6.92 Å². The van der Waals surface area contributed by atoms with Gasteiger partial charge in [-0.2, -0.15) is 0 Å². The smallest absolute Gasteiger partial charge is 0.276 e. The highest BCUT2D eigenvalue weighted by atomic mass is 16.6. The molecule has 104 valence electrons. The van der Waals surface area contributed by atoms with Crippen molar-refractivity contribution in [1.82, 2.24) is 4.98 Å². The Bertz CT molecular complexity index is 468. The fourth-order valence-electron chi connectivity index (χ4n) is 2.07. The minimum Gasteiger partial charge on any atom is -0.378 e. The minimum absolute atomic E-state index is 0.0545. The Morgan fingerprint density at radius 2 is 2.32 bits per heavy atom. The number of anilines is 2. The molecule has 0 bridgehead atoms. The summed E-state index contributed by atoms with van der Waals surface area (Å²) in [7, 11) is 0. The Morgan fingerprint density at radius 3 is 2.89 bits per heavy atom. The standard InChI is InChI=1S/C11H17N5O3/c1-7-8(2-3-19-7)6-13-10-4-9(16(17)18)5-11(14-10)15-12/h4-5,7-8H,2-3,6,12H2,1H3,(H2,13,14,15). The molecule has 0 saturated carbocycles. The van der Waals surface area contributed by atoms with Crippen molar-refractivity contribution < 1.29 is 9.66 Å². The van der Waals surface area contributed by atoms with Gasteiger partial charge in [0.05, 0.1) is 23.2 Å². The van der Waals surface area contributed by atoms with Gasteiger partial charge in [-0.05, 0) is 13.3 Å². The van der Waals surface area contributed by atoms with Crippen molar-refractivity contribution in [2.75, 3.05) is 23.9 Å². The molecule has 0 spiro atoms. The number of nitrogens with two attached hydrogens (primary N) is 1. The summed E-state index contributed by atoms with van der Waals surface area (Å²) in [5.41, 5.74) is 2.26. The van der Waals surface area contributed by atoms with E-state index in [-0.39, 0.29) is 17.6 Å². The number of nitrogens with one attached hydrogen (secondary N) is 2. The first-order valence-electron chi connectivity index (χ1n) is 6.08. The third-order valence-corrected chi connectivity index (χ3v) is 3.25. The Hall–Kier alpha value is -1.93. The van der Waals surface area contributed by atoms with Gasteiger partial charge >= 0.3 is 0 Å². The molecule has 1 saturated heterocycles. The summed E-state index contributed by atoms with van der Waals surface area (Å²) < 4.78 is 5.46. The first kappa shape index (κ1) is 13.5. The van der Waals surface area contributed by atoms with Crippen molar-refractivity contribution >= 4 is 17.3 Å². The summed E-state index contributed by atoms with van der Waals surface area (Å²) in [4.78, 5) is 14.4. The fraction of sp³-hybridized carbons (Fsp3) is 0.545. The van der Waals surface area contributed by atoms with E-state index >= 15 is 0 Å². The van der Waals surface area contributed by atoms with Crippen molar-refractivity contribution in [3.8, 4) is 0 Å². The summed E-state index contributed by atoms with van der Waals surface area (Å²) in [6.07, 6.45) is 1.17. The zero-order chi connectivity index (χ0) is 13.8. The predicted octanol–water partition coefficient (Wildman–Crippen LogP) is 1.11. The number of nitro groups is 1. The minimum atomic E-state index is -0.477. The molecule has 0 aliphatic carbocycles. The van der Waals surface area contributed by atoms with E-state index in [9.17, 15) is 10.1 Å². The van der Waals surface area contributed by atoms with Crippen molar-refractivity contribution in [2.24, 2.45) is 11.8 Å². The molecule has 2 rings (SSSR count). The SMILES string of the molecule is CC1OCCC1CNc1cc([N+](=O)[O-])cc(NN)n1. The molecule has 2 atom stereocenters. The Morgan fingerprint density at radius 1 is 1.58 bits per heavy atom. The second-order valence-electron chi connectivity index (χ2n) is 4.50. The summed E-state index contributed by atoms with van der Waals surface area (Å²) in [6, 6.07) is 2.67. The van der Waals surface area contributed by atoms with Crippen molar-refractivity contribution in [3.05, 3.63) is 22.2 Å². The molecule has 1 aliphatic rings. The largest absolute Gasteiger partial charge is 0.378 e. The van der Waals surface area contributed by atoms with Crippen LogP contribution in [0.1, 0.15) is 13.3 Å². The van der Waals surface area contributed by atoms with Gasteiger partial charge in [0.15, 0.2) is 0 Å². The second kappa shape index (κ2) is 5.81. The zero-order valence-electron chi connectivity index (χ0n) is 10.6. The van der Waals surface area contributed by atoms with Crippen LogP contribution in [0.2, 0.25) is 0 Å². The molecular formula is C11H17N5O3. The topological polar surface area (TPSA) is 115 Å². The summed E-state index contributed by atoms with van der Waals surface area (Å²) in [5, 5.41) is 13.9. The van der Waals surface area contributed by atoms with Crippen LogP contribution in [-0.2, 0) is 4.74 Å². The molecule has 8 heteroatoms. The predicted molar refractivity (Wildman–Crippen MR) is 70.7 cm³/mol. The van der Waals surface area contributed by atoms with Gasteiger partial charge in [0.25, 0.3) is 5.69 Å². The molecule has 2 unspecified atom stereocenters. The van der Waals surface area contributed by atoms with E-state index in [1.165, 1.54) is 12.1 Å². The Balaban J connectivity index is 2.06. The van der Waals surface area contributed by atoms with E-state index in [0.29, 0.717) is 18.3 Å². The van der Waals surface area contributed by atoms with Gasteiger partial charge in [-0.3, -0.25) is 10.1 Å². The van der Waals surface area contributed by atoms with Gasteiger partial charge < -0.3 is 15.5 Å². The van der Waals surface area contributed by atoms with E-state index in [1.54, 1.807) is 0 Å². The van der Waals surface area contributed by atoms with Crippen LogP contribution in [0.5, 0.6) is 0 Å². The number of rotatable bonds is 5. The Kier molecular flexibility index (Phi) is 4.13. The average molecular weight is 267 g/mol. The van der Waals surface area contributed by atoms with E-state index in [0.717, 1.165) is 13.0 Å². The number of hydrogen-bond donors (Lipinski definition) is 3. The van der Waals surface area contributed by atoms with Crippen LogP contribution in [0.3, 0.4) is 0 Å². The van der Waals surface area contributed by atoms with Crippen molar-refractivity contribution in [1.29, 1.82) is 0 Å². The molecule has 1 aromatic rings. The summed E-state index contributed by atoms with van der Waals surface area (Å²) >= 11 is 0. The number of ether oxygens (including phenoxy) is 1. The lowest BCUT2D eigenvalue weighted by Gasteiger charge is -2.15. The van der Waals surface area contributed by atoms with Crippen LogP contribution in [0.25, 0.3) is 0 Å². The first-order valence-corrected chi connectivity index (χ1v) is 6.08. The fourth-order valence-corrected chi connectivity index (χ4v) is 2.07. The van der Waals surface area contributed by atoms with Gasteiger partial charge in [0.1, 0.15) is 11.6 Å². The van der Waals surface area contributed by atoms with Crippen LogP contribution >= 0.6 is 0 Å². The molecule has 1 aliphatic heterocycles. The summed E-state index contributed by atoms with van der Waals surface area (Å²) in [6.45, 7) is 3.44. The van der Waals surface area contributed by atoms with Crippen molar-refractivity contribution in [2.45, 2.75) is 19.4 Å². The lowest BCUT2D eigenvalue weighted by molar-refractivity contribution is -0.384. The maximum Gasteiger partial charge on any atom is 0.276 e. The number of pyridine rings is 1.